The summed E-state index contributed by atoms with van der Waals surface area (Å²) in [4.78, 5) is 24.6. The third-order valence-electron chi connectivity index (χ3n) is 2.90. The van der Waals surface area contributed by atoms with E-state index in [9.17, 15) is 14.7 Å². The van der Waals surface area contributed by atoms with Crippen LogP contribution in [0.25, 0.3) is 0 Å². The number of rotatable bonds is 1. The Morgan fingerprint density at radius 2 is 2.12 bits per heavy atom. The Morgan fingerprint density at radius 1 is 1.35 bits per heavy atom. The number of carbonyl (C=O) groups excluding carboxylic acids is 1. The third kappa shape index (κ3) is 1.46. The molecule has 3 rings (SSSR count). The van der Waals surface area contributed by atoms with Crippen LogP contribution in [-0.2, 0) is 16.0 Å². The van der Waals surface area contributed by atoms with Crippen LogP contribution >= 0.6 is 11.8 Å². The van der Waals surface area contributed by atoms with E-state index >= 15 is 0 Å². The van der Waals surface area contributed by atoms with E-state index in [1.54, 1.807) is 0 Å². The molecule has 1 aromatic carbocycles. The van der Waals surface area contributed by atoms with Crippen LogP contribution in [0.4, 0.5) is 5.69 Å². The highest BCUT2D eigenvalue weighted by atomic mass is 32.2. The molecule has 1 saturated heterocycles. The van der Waals surface area contributed by atoms with Crippen LogP contribution in [0.2, 0.25) is 0 Å². The average molecular weight is 247 g/mol. The van der Waals surface area contributed by atoms with E-state index in [2.05, 4.69) is 0 Å². The van der Waals surface area contributed by atoms with Crippen LogP contribution in [-0.4, -0.2) is 22.7 Å². The van der Waals surface area contributed by atoms with Crippen molar-refractivity contribution in [1.29, 1.82) is 0 Å². The fraction of sp³-hybridized carbons (Fsp3) is 0.167. The summed E-state index contributed by atoms with van der Waals surface area (Å²) in [5, 5.41) is 9.77. The number of thioether (sulfide) groups is 1. The van der Waals surface area contributed by atoms with E-state index in [0.29, 0.717) is 22.8 Å². The number of fused-ring (bicyclic) bond motifs is 3. The highest BCUT2D eigenvalue weighted by molar-refractivity contribution is 8.04. The molecule has 4 nitrogen and oxygen atoms in total. The number of nitrogens with zero attached hydrogens (tertiary/aromatic N) is 1. The van der Waals surface area contributed by atoms with Crippen molar-refractivity contribution >= 4 is 29.3 Å². The van der Waals surface area contributed by atoms with Gasteiger partial charge in [0.05, 0.1) is 22.0 Å². The van der Waals surface area contributed by atoms with Crippen molar-refractivity contribution in [3.05, 3.63) is 40.4 Å². The zero-order chi connectivity index (χ0) is 12.0. The maximum Gasteiger partial charge on any atom is 0.334 e. The molecule has 0 saturated carbocycles. The molecular weight excluding hydrogens is 238 g/mol. The van der Waals surface area contributed by atoms with Crippen LogP contribution in [0, 0.1) is 0 Å². The molecule has 86 valence electrons. The smallest absolute Gasteiger partial charge is 0.334 e. The molecule has 2 aliphatic heterocycles. The normalized spacial score (nSPS) is 18.1. The highest BCUT2D eigenvalue weighted by Gasteiger charge is 2.37. The van der Waals surface area contributed by atoms with Crippen molar-refractivity contribution in [2.45, 2.75) is 6.42 Å². The third-order valence-corrected chi connectivity index (χ3v) is 3.99. The minimum atomic E-state index is -0.943. The number of carboxylic acids is 1. The molecule has 0 atom stereocenters. The first-order valence-electron chi connectivity index (χ1n) is 5.18. The molecular formula is C12H9NO3S. The number of aliphatic carboxylic acids is 1. The number of para-hydroxylation sites is 1. The van der Waals surface area contributed by atoms with Crippen LogP contribution in [0.3, 0.4) is 0 Å². The number of amides is 1. The van der Waals surface area contributed by atoms with Gasteiger partial charge >= 0.3 is 5.97 Å². The Hall–Kier alpha value is -1.75. The fourth-order valence-corrected chi connectivity index (χ4v) is 3.20. The van der Waals surface area contributed by atoms with Crippen LogP contribution in [0.15, 0.2) is 34.9 Å². The lowest BCUT2D eigenvalue weighted by Gasteiger charge is -2.26. The number of hydrogen-bond acceptors (Lipinski definition) is 3. The molecule has 0 spiro atoms. The Morgan fingerprint density at radius 3 is 2.88 bits per heavy atom. The lowest BCUT2D eigenvalue weighted by molar-refractivity contribution is -0.132. The molecule has 1 aromatic rings. The quantitative estimate of drug-likeness (QED) is 0.819. The van der Waals surface area contributed by atoms with Crippen LogP contribution < -0.4 is 4.90 Å². The molecule has 5 heteroatoms. The number of anilines is 1. The first-order valence-corrected chi connectivity index (χ1v) is 6.17. The average Bonchev–Trinajstić information content (AvgIpc) is 2.71. The Balaban J connectivity index is 2.21. The summed E-state index contributed by atoms with van der Waals surface area (Å²) in [6.07, 6.45) is 0.387. The lowest BCUT2D eigenvalue weighted by atomic mass is 9.99. The Labute approximate surface area is 102 Å². The van der Waals surface area contributed by atoms with Crippen molar-refractivity contribution < 1.29 is 14.7 Å². The van der Waals surface area contributed by atoms with Crippen molar-refractivity contribution in [2.24, 2.45) is 0 Å². The van der Waals surface area contributed by atoms with E-state index in [1.807, 2.05) is 24.3 Å². The van der Waals surface area contributed by atoms with Crippen molar-refractivity contribution in [2.75, 3.05) is 10.7 Å². The van der Waals surface area contributed by atoms with Gasteiger partial charge in [-0.1, -0.05) is 30.0 Å². The molecule has 1 fully saturated rings. The minimum absolute atomic E-state index is 0.0455. The molecule has 2 heterocycles. The van der Waals surface area contributed by atoms with Gasteiger partial charge < -0.3 is 5.11 Å². The summed E-state index contributed by atoms with van der Waals surface area (Å²) in [5.74, 6) is -0.668. The van der Waals surface area contributed by atoms with E-state index in [-0.39, 0.29) is 5.91 Å². The van der Waals surface area contributed by atoms with Crippen molar-refractivity contribution in [3.8, 4) is 0 Å². The van der Waals surface area contributed by atoms with E-state index in [4.69, 9.17) is 0 Å². The summed E-state index contributed by atoms with van der Waals surface area (Å²) in [6.45, 7) is 0. The fourth-order valence-electron chi connectivity index (χ4n) is 2.15. The molecule has 0 aliphatic carbocycles. The second-order valence-corrected chi connectivity index (χ2v) is 4.88. The van der Waals surface area contributed by atoms with Crippen molar-refractivity contribution in [1.82, 2.24) is 0 Å². The maximum atomic E-state index is 11.8. The van der Waals surface area contributed by atoms with Crippen molar-refractivity contribution in [3.63, 3.8) is 0 Å². The molecule has 0 aromatic heterocycles. The van der Waals surface area contributed by atoms with Crippen LogP contribution in [0.1, 0.15) is 5.56 Å². The summed E-state index contributed by atoms with van der Waals surface area (Å²) >= 11 is 1.31. The maximum absolute atomic E-state index is 11.8. The summed E-state index contributed by atoms with van der Waals surface area (Å²) in [5.41, 5.74) is 2.03. The lowest BCUT2D eigenvalue weighted by Crippen LogP contribution is -2.30. The van der Waals surface area contributed by atoms with Gasteiger partial charge in [-0.25, -0.2) is 4.79 Å². The summed E-state index contributed by atoms with van der Waals surface area (Å²) in [6, 6.07) is 7.44. The SMILES string of the molecule is O=C(O)C1=C2SCC(=O)N2c2ccccc2C1. The largest absolute Gasteiger partial charge is 0.478 e. The minimum Gasteiger partial charge on any atom is -0.478 e. The number of benzene rings is 1. The van der Waals surface area contributed by atoms with Gasteiger partial charge in [0.15, 0.2) is 0 Å². The zero-order valence-corrected chi connectivity index (χ0v) is 9.66. The predicted molar refractivity (Wildman–Crippen MR) is 64.8 cm³/mol. The molecule has 0 unspecified atom stereocenters. The first kappa shape index (κ1) is 10.4. The van der Waals surface area contributed by atoms with Gasteiger partial charge in [-0.2, -0.15) is 0 Å². The molecule has 1 N–H and O–H groups in total. The van der Waals surface area contributed by atoms with Gasteiger partial charge in [0.25, 0.3) is 0 Å². The van der Waals surface area contributed by atoms with Crippen LogP contribution in [0.5, 0.6) is 0 Å². The Kier molecular flexibility index (Phi) is 2.22. The van der Waals surface area contributed by atoms with Gasteiger partial charge in [-0.3, -0.25) is 9.69 Å². The predicted octanol–water partition coefficient (Wildman–Crippen LogP) is 1.62. The standard InChI is InChI=1S/C12H9NO3S/c14-10-6-17-11-8(12(15)16)5-7-3-1-2-4-9(7)13(10)11/h1-4H,5-6H2,(H,15,16). The topological polar surface area (TPSA) is 57.6 Å². The van der Waals surface area contributed by atoms with Gasteiger partial charge in [0.1, 0.15) is 0 Å². The second kappa shape index (κ2) is 3.63. The van der Waals surface area contributed by atoms with Gasteiger partial charge in [0, 0.05) is 6.42 Å². The van der Waals surface area contributed by atoms with Gasteiger partial charge in [0.2, 0.25) is 5.91 Å². The molecule has 17 heavy (non-hydrogen) atoms. The summed E-state index contributed by atoms with van der Waals surface area (Å²) in [7, 11) is 0. The number of carboxylic acid groups (broad SMARTS) is 1. The summed E-state index contributed by atoms with van der Waals surface area (Å²) < 4.78 is 0. The van der Waals surface area contributed by atoms with Gasteiger partial charge in [-0.15, -0.1) is 0 Å². The molecule has 2 aliphatic rings. The highest BCUT2D eigenvalue weighted by Crippen LogP contribution is 2.42. The second-order valence-electron chi connectivity index (χ2n) is 3.91. The zero-order valence-electron chi connectivity index (χ0n) is 8.84. The number of carbonyl (C=O) groups is 2. The first-order chi connectivity index (χ1) is 8.18. The monoisotopic (exact) mass is 247 g/mol. The molecule has 1 amide bonds. The number of hydrogen-bond donors (Lipinski definition) is 1. The van der Waals surface area contributed by atoms with Gasteiger partial charge in [-0.05, 0) is 11.6 Å². The van der Waals surface area contributed by atoms with E-state index < -0.39 is 5.97 Å². The Bertz CT molecular complexity index is 565. The molecule has 0 bridgehead atoms. The molecule has 0 radical (unpaired) electrons. The van der Waals surface area contributed by atoms with E-state index in [1.165, 1.54) is 16.7 Å². The van der Waals surface area contributed by atoms with E-state index in [0.717, 1.165) is 11.3 Å².